The molecule has 0 saturated carbocycles. The van der Waals surface area contributed by atoms with Crippen molar-refractivity contribution in [3.63, 3.8) is 0 Å². The monoisotopic (exact) mass is 388 g/mol. The van der Waals surface area contributed by atoms with Crippen LogP contribution < -0.4 is 15.8 Å². The molecule has 3 aromatic rings. The number of nitrogens with one attached hydrogen (secondary N) is 1. The number of nitriles is 1. The summed E-state index contributed by atoms with van der Waals surface area (Å²) in [4.78, 5) is 15.6. The maximum absolute atomic E-state index is 11.4. The Balaban J connectivity index is 1.61. The van der Waals surface area contributed by atoms with E-state index in [0.717, 1.165) is 11.3 Å². The minimum Gasteiger partial charge on any atom is -0.468 e. The Hall–Kier alpha value is -3.89. The molecule has 146 valence electrons. The predicted molar refractivity (Wildman–Crippen MR) is 109 cm³/mol. The van der Waals surface area contributed by atoms with Gasteiger partial charge in [0.1, 0.15) is 29.4 Å². The smallest absolute Gasteiger partial charge is 0.322 e. The molecule has 7 heteroatoms. The summed E-state index contributed by atoms with van der Waals surface area (Å²) in [5, 5.41) is 12.2. The van der Waals surface area contributed by atoms with Crippen LogP contribution in [0.5, 0.6) is 11.5 Å². The Bertz CT molecular complexity index is 1010. The molecule has 0 aliphatic heterocycles. The number of benzene rings is 2. The molecule has 0 aliphatic rings. The topological polar surface area (TPSA) is 110 Å². The first kappa shape index (κ1) is 19.9. The van der Waals surface area contributed by atoms with Crippen molar-refractivity contribution in [1.82, 2.24) is 4.98 Å². The van der Waals surface area contributed by atoms with Crippen molar-refractivity contribution >= 4 is 17.5 Å². The second-order valence-corrected chi connectivity index (χ2v) is 6.24. The van der Waals surface area contributed by atoms with Crippen LogP contribution in [0.15, 0.2) is 66.9 Å². The fraction of sp³-hybridized carbons (Fsp3) is 0.136. The maximum atomic E-state index is 11.4. The second-order valence-electron chi connectivity index (χ2n) is 6.24. The van der Waals surface area contributed by atoms with E-state index >= 15 is 0 Å². The third-order valence-corrected chi connectivity index (χ3v) is 4.16. The summed E-state index contributed by atoms with van der Waals surface area (Å²) in [6.45, 7) is 0. The van der Waals surface area contributed by atoms with Crippen LogP contribution in [0.4, 0.5) is 11.5 Å². The highest BCUT2D eigenvalue weighted by molar-refractivity contribution is 5.75. The van der Waals surface area contributed by atoms with Crippen molar-refractivity contribution in [2.24, 2.45) is 5.73 Å². The molecule has 0 bridgehead atoms. The molecule has 7 nitrogen and oxygen atoms in total. The molecule has 2 aromatic carbocycles. The van der Waals surface area contributed by atoms with E-state index in [1.54, 1.807) is 18.3 Å². The van der Waals surface area contributed by atoms with Gasteiger partial charge >= 0.3 is 5.97 Å². The fourth-order valence-electron chi connectivity index (χ4n) is 2.66. The number of nitrogens with zero attached hydrogens (tertiary/aromatic N) is 2. The van der Waals surface area contributed by atoms with Gasteiger partial charge in [0.2, 0.25) is 0 Å². The molecular weight excluding hydrogens is 368 g/mol. The van der Waals surface area contributed by atoms with Crippen molar-refractivity contribution < 1.29 is 14.3 Å². The number of pyridine rings is 1. The lowest BCUT2D eigenvalue weighted by molar-refractivity contribution is -0.142. The van der Waals surface area contributed by atoms with Crippen LogP contribution in [0.2, 0.25) is 0 Å². The molecule has 0 radical (unpaired) electrons. The number of ether oxygens (including phenoxy) is 2. The van der Waals surface area contributed by atoms with Crippen molar-refractivity contribution in [1.29, 1.82) is 5.26 Å². The number of hydrogen-bond donors (Lipinski definition) is 2. The van der Waals surface area contributed by atoms with Gasteiger partial charge in [-0.15, -0.1) is 0 Å². The highest BCUT2D eigenvalue weighted by Gasteiger charge is 2.14. The summed E-state index contributed by atoms with van der Waals surface area (Å²) < 4.78 is 10.5. The average Bonchev–Trinajstić information content (AvgIpc) is 2.76. The second kappa shape index (κ2) is 9.35. The molecule has 0 unspecified atom stereocenters. The van der Waals surface area contributed by atoms with Gasteiger partial charge in [-0.05, 0) is 60.5 Å². The Morgan fingerprint density at radius 3 is 2.41 bits per heavy atom. The van der Waals surface area contributed by atoms with Crippen LogP contribution in [-0.4, -0.2) is 24.1 Å². The molecule has 0 aliphatic carbocycles. The van der Waals surface area contributed by atoms with E-state index < -0.39 is 12.0 Å². The summed E-state index contributed by atoms with van der Waals surface area (Å²) >= 11 is 0. The molecule has 3 rings (SSSR count). The van der Waals surface area contributed by atoms with Gasteiger partial charge in [-0.2, -0.15) is 5.26 Å². The number of carbonyl (C=O) groups excluding carboxylic acids is 1. The van der Waals surface area contributed by atoms with E-state index in [1.807, 2.05) is 48.5 Å². The van der Waals surface area contributed by atoms with E-state index in [1.165, 1.54) is 7.11 Å². The Morgan fingerprint density at radius 2 is 1.79 bits per heavy atom. The molecule has 3 N–H and O–H groups in total. The summed E-state index contributed by atoms with van der Waals surface area (Å²) in [6, 6.07) is 19.5. The average molecular weight is 388 g/mol. The summed E-state index contributed by atoms with van der Waals surface area (Å²) in [5.41, 5.74) is 7.95. The van der Waals surface area contributed by atoms with E-state index in [-0.39, 0.29) is 0 Å². The number of hydrogen-bond acceptors (Lipinski definition) is 7. The lowest BCUT2D eigenvalue weighted by atomic mass is 10.1. The van der Waals surface area contributed by atoms with Crippen LogP contribution in [-0.2, 0) is 16.0 Å². The minimum absolute atomic E-state index is 0.394. The first-order chi connectivity index (χ1) is 14.1. The third-order valence-electron chi connectivity index (χ3n) is 4.16. The van der Waals surface area contributed by atoms with E-state index in [0.29, 0.717) is 29.3 Å². The number of nitrogens with two attached hydrogens (primary N) is 1. The molecule has 1 aromatic heterocycles. The summed E-state index contributed by atoms with van der Waals surface area (Å²) in [5.74, 6) is 1.39. The zero-order chi connectivity index (χ0) is 20.6. The zero-order valence-electron chi connectivity index (χ0n) is 15.8. The standard InChI is InChI=1S/C22H20N4O3/c1-28-22(27)20(24)13-15-4-8-18(9-5-15)29-19-10-6-17(7-11-19)26-21-16(14-23)3-2-12-25-21/h2-12,20H,13,24H2,1H3,(H,25,26)/t20-/m0/s1. The fourth-order valence-corrected chi connectivity index (χ4v) is 2.66. The van der Waals surface area contributed by atoms with Crippen molar-refractivity contribution in [2.45, 2.75) is 12.5 Å². The van der Waals surface area contributed by atoms with Gasteiger partial charge in [0.15, 0.2) is 0 Å². The van der Waals surface area contributed by atoms with E-state index in [2.05, 4.69) is 21.1 Å². The van der Waals surface area contributed by atoms with Crippen LogP contribution in [0, 0.1) is 11.3 Å². The first-order valence-corrected chi connectivity index (χ1v) is 8.91. The molecule has 1 atom stereocenters. The van der Waals surface area contributed by atoms with Gasteiger partial charge in [0.05, 0.1) is 12.7 Å². The number of rotatable bonds is 7. The third kappa shape index (κ3) is 5.31. The Kier molecular flexibility index (Phi) is 6.40. The number of esters is 1. The van der Waals surface area contributed by atoms with Gasteiger partial charge < -0.3 is 20.5 Å². The van der Waals surface area contributed by atoms with Gasteiger partial charge in [-0.3, -0.25) is 4.79 Å². The molecular formula is C22H20N4O3. The normalized spacial score (nSPS) is 11.2. The number of carbonyl (C=O) groups is 1. The number of anilines is 2. The van der Waals surface area contributed by atoms with Crippen LogP contribution >= 0.6 is 0 Å². The minimum atomic E-state index is -0.688. The van der Waals surface area contributed by atoms with Gasteiger partial charge in [0.25, 0.3) is 0 Å². The van der Waals surface area contributed by atoms with Crippen molar-refractivity contribution in [3.05, 3.63) is 78.0 Å². The number of methoxy groups -OCH3 is 1. The summed E-state index contributed by atoms with van der Waals surface area (Å²) in [7, 11) is 1.32. The van der Waals surface area contributed by atoms with Crippen molar-refractivity contribution in [2.75, 3.05) is 12.4 Å². The molecule has 29 heavy (non-hydrogen) atoms. The lowest BCUT2D eigenvalue weighted by Gasteiger charge is -2.11. The number of aromatic nitrogens is 1. The Morgan fingerprint density at radius 1 is 1.14 bits per heavy atom. The zero-order valence-corrected chi connectivity index (χ0v) is 15.8. The van der Waals surface area contributed by atoms with Crippen molar-refractivity contribution in [3.8, 4) is 17.6 Å². The molecule has 1 heterocycles. The van der Waals surface area contributed by atoms with Gasteiger partial charge in [0, 0.05) is 11.9 Å². The van der Waals surface area contributed by atoms with Gasteiger partial charge in [-0.25, -0.2) is 4.98 Å². The van der Waals surface area contributed by atoms with Crippen LogP contribution in [0.3, 0.4) is 0 Å². The maximum Gasteiger partial charge on any atom is 0.322 e. The first-order valence-electron chi connectivity index (χ1n) is 8.91. The lowest BCUT2D eigenvalue weighted by Crippen LogP contribution is -2.33. The summed E-state index contributed by atoms with van der Waals surface area (Å²) in [6.07, 6.45) is 2.02. The molecule has 0 saturated heterocycles. The van der Waals surface area contributed by atoms with Crippen LogP contribution in [0.25, 0.3) is 0 Å². The highest BCUT2D eigenvalue weighted by Crippen LogP contribution is 2.25. The quantitative estimate of drug-likeness (QED) is 0.596. The molecule has 0 spiro atoms. The van der Waals surface area contributed by atoms with E-state index in [9.17, 15) is 4.79 Å². The Labute approximate surface area is 168 Å². The predicted octanol–water partition coefficient (Wildman–Crippen LogP) is 3.53. The molecule has 0 amide bonds. The highest BCUT2D eigenvalue weighted by atomic mass is 16.5. The SMILES string of the molecule is COC(=O)[C@@H](N)Cc1ccc(Oc2ccc(Nc3ncccc3C#N)cc2)cc1. The largest absolute Gasteiger partial charge is 0.468 e. The molecule has 0 fully saturated rings. The van der Waals surface area contributed by atoms with Gasteiger partial charge in [-0.1, -0.05) is 12.1 Å². The van der Waals surface area contributed by atoms with E-state index in [4.69, 9.17) is 15.7 Å². The van der Waals surface area contributed by atoms with Crippen LogP contribution in [0.1, 0.15) is 11.1 Å².